The van der Waals surface area contributed by atoms with Crippen molar-refractivity contribution in [3.63, 3.8) is 0 Å². The molecule has 0 amide bonds. The third-order valence-electron chi connectivity index (χ3n) is 8.67. The molecule has 18 heteroatoms. The van der Waals surface area contributed by atoms with Gasteiger partial charge < -0.3 is 27.1 Å². The topological polar surface area (TPSA) is 234 Å². The minimum Gasteiger partial charge on any atom is -0.339 e. The molecule has 0 unspecified atom stereocenters. The van der Waals surface area contributed by atoms with Crippen LogP contribution < -0.4 is 0 Å². The molecule has 6 heterocycles. The number of aryl methyl sites for hydroxylation is 3. The highest BCUT2D eigenvalue weighted by Gasteiger charge is 2.21. The predicted octanol–water partition coefficient (Wildman–Crippen LogP) is 7.91. The first kappa shape index (κ1) is 33.3. The Morgan fingerprint density at radius 2 is 0.526 bits per heavy atom. The van der Waals surface area contributed by atoms with Crippen molar-refractivity contribution in [1.82, 2.24) is 60.8 Å². The van der Waals surface area contributed by atoms with E-state index in [0.29, 0.717) is 68.5 Å². The summed E-state index contributed by atoms with van der Waals surface area (Å²) in [6.45, 7) is 5.18. The van der Waals surface area contributed by atoms with Crippen molar-refractivity contribution in [2.45, 2.75) is 20.8 Å². The SMILES string of the molecule is Cc1nc(-c2cccc(-c3nc(-c4cc(-c5noc(-c6cccc(-c7noc(C)n7)c6)n5)cc(-c5noc(-c6cccc(-c7noc(C)n7)c6)n5)c4)no3)c2)no1. The normalized spacial score (nSPS) is 11.4. The minimum absolute atomic E-state index is 0.274. The van der Waals surface area contributed by atoms with Crippen molar-refractivity contribution in [1.29, 1.82) is 0 Å². The molecule has 276 valence electrons. The molecule has 18 nitrogen and oxygen atoms in total. The van der Waals surface area contributed by atoms with Crippen LogP contribution in [0, 0.1) is 20.8 Å². The Bertz CT molecular complexity index is 2730. The number of hydrogen-bond donors (Lipinski definition) is 0. The lowest BCUT2D eigenvalue weighted by Crippen LogP contribution is -1.90. The van der Waals surface area contributed by atoms with Gasteiger partial charge in [0.1, 0.15) is 0 Å². The van der Waals surface area contributed by atoms with E-state index in [4.69, 9.17) is 42.1 Å². The second kappa shape index (κ2) is 13.5. The Hall–Kier alpha value is -8.28. The molecule has 0 bridgehead atoms. The minimum atomic E-state index is 0.274. The Morgan fingerprint density at radius 1 is 0.281 bits per heavy atom. The quantitative estimate of drug-likeness (QED) is 0.136. The third-order valence-corrected chi connectivity index (χ3v) is 8.67. The molecule has 6 aromatic heterocycles. The molecular weight excluding hydrogens is 733 g/mol. The summed E-state index contributed by atoms with van der Waals surface area (Å²) < 4.78 is 32.7. The molecule has 0 saturated heterocycles. The van der Waals surface area contributed by atoms with E-state index in [9.17, 15) is 0 Å². The van der Waals surface area contributed by atoms with Gasteiger partial charge in [-0.25, -0.2) is 0 Å². The Morgan fingerprint density at radius 3 is 0.807 bits per heavy atom. The fraction of sp³-hybridized carbons (Fsp3) is 0.0769. The second-order valence-electron chi connectivity index (χ2n) is 12.7. The molecule has 0 aliphatic carbocycles. The molecule has 4 aromatic carbocycles. The van der Waals surface area contributed by atoms with Gasteiger partial charge in [0.25, 0.3) is 17.7 Å². The predicted molar refractivity (Wildman–Crippen MR) is 197 cm³/mol. The van der Waals surface area contributed by atoms with E-state index in [-0.39, 0.29) is 35.1 Å². The van der Waals surface area contributed by atoms with Gasteiger partial charge in [0.05, 0.1) is 0 Å². The van der Waals surface area contributed by atoms with Crippen LogP contribution in [0.1, 0.15) is 17.7 Å². The summed E-state index contributed by atoms with van der Waals surface area (Å²) in [7, 11) is 0. The van der Waals surface area contributed by atoms with Crippen LogP contribution >= 0.6 is 0 Å². The molecule has 0 atom stereocenters. The largest absolute Gasteiger partial charge is 0.339 e. The molecule has 0 saturated carbocycles. The molecule has 10 rings (SSSR count). The third kappa shape index (κ3) is 6.52. The van der Waals surface area contributed by atoms with E-state index in [1.807, 2.05) is 91.0 Å². The first-order valence-electron chi connectivity index (χ1n) is 17.3. The summed E-state index contributed by atoms with van der Waals surface area (Å²) in [6.07, 6.45) is 0. The smallest absolute Gasteiger partial charge is 0.258 e. The van der Waals surface area contributed by atoms with E-state index >= 15 is 0 Å². The van der Waals surface area contributed by atoms with Gasteiger partial charge in [-0.1, -0.05) is 67.3 Å². The van der Waals surface area contributed by atoms with Crippen molar-refractivity contribution in [3.8, 4) is 103 Å². The molecule has 0 fully saturated rings. The van der Waals surface area contributed by atoms with Crippen LogP contribution in [0.5, 0.6) is 0 Å². The number of nitrogens with zero attached hydrogens (tertiary/aromatic N) is 12. The molecule has 0 N–H and O–H groups in total. The number of hydrogen-bond acceptors (Lipinski definition) is 18. The lowest BCUT2D eigenvalue weighted by atomic mass is 10.0. The van der Waals surface area contributed by atoms with Crippen molar-refractivity contribution in [2.24, 2.45) is 0 Å². The van der Waals surface area contributed by atoms with Gasteiger partial charge in [-0.05, 0) is 54.6 Å². The Balaban J connectivity index is 1.03. The van der Waals surface area contributed by atoms with Crippen LogP contribution in [0.15, 0.2) is 118 Å². The fourth-order valence-electron chi connectivity index (χ4n) is 6.01. The van der Waals surface area contributed by atoms with Gasteiger partial charge in [0.15, 0.2) is 0 Å². The van der Waals surface area contributed by atoms with Crippen molar-refractivity contribution in [3.05, 3.63) is 109 Å². The maximum Gasteiger partial charge on any atom is 0.258 e. The van der Waals surface area contributed by atoms with E-state index in [1.165, 1.54) is 0 Å². The maximum absolute atomic E-state index is 5.76. The maximum atomic E-state index is 5.76. The van der Waals surface area contributed by atoms with Gasteiger partial charge in [-0.3, -0.25) is 0 Å². The summed E-state index contributed by atoms with van der Waals surface area (Å²) in [6, 6.07) is 27.7. The molecule has 0 aliphatic rings. The van der Waals surface area contributed by atoms with Crippen molar-refractivity contribution < 1.29 is 27.1 Å². The highest BCUT2D eigenvalue weighted by Crippen LogP contribution is 2.34. The molecular formula is C39H24N12O6. The van der Waals surface area contributed by atoms with E-state index < -0.39 is 0 Å². The Labute approximate surface area is 319 Å². The summed E-state index contributed by atoms with van der Waals surface area (Å²) in [5.74, 6) is 4.36. The van der Waals surface area contributed by atoms with Gasteiger partial charge >= 0.3 is 0 Å². The number of aromatic nitrogens is 12. The van der Waals surface area contributed by atoms with Crippen LogP contribution in [0.3, 0.4) is 0 Å². The van der Waals surface area contributed by atoms with E-state index in [1.54, 1.807) is 20.8 Å². The van der Waals surface area contributed by atoms with Gasteiger partial charge in [0, 0.05) is 70.8 Å². The van der Waals surface area contributed by atoms with Crippen LogP contribution in [0.4, 0.5) is 0 Å². The first-order chi connectivity index (χ1) is 27.9. The summed E-state index contributed by atoms with van der Waals surface area (Å²) in [5, 5.41) is 25.0. The average molecular weight is 757 g/mol. The molecule has 0 aliphatic heterocycles. The Kier molecular flexibility index (Phi) is 7.91. The lowest BCUT2D eigenvalue weighted by Gasteiger charge is -2.03. The lowest BCUT2D eigenvalue weighted by molar-refractivity contribution is 0.394. The van der Waals surface area contributed by atoms with E-state index in [2.05, 4.69) is 45.9 Å². The van der Waals surface area contributed by atoms with Crippen LogP contribution in [-0.4, -0.2) is 60.8 Å². The number of rotatable bonds is 9. The van der Waals surface area contributed by atoms with Gasteiger partial charge in [0.2, 0.25) is 52.6 Å². The molecule has 57 heavy (non-hydrogen) atoms. The van der Waals surface area contributed by atoms with Gasteiger partial charge in [-0.2, -0.15) is 29.9 Å². The fourth-order valence-corrected chi connectivity index (χ4v) is 6.01. The van der Waals surface area contributed by atoms with Crippen LogP contribution in [-0.2, 0) is 0 Å². The van der Waals surface area contributed by atoms with Gasteiger partial charge in [-0.15, -0.1) is 0 Å². The first-order valence-corrected chi connectivity index (χ1v) is 17.3. The van der Waals surface area contributed by atoms with E-state index in [0.717, 1.165) is 16.7 Å². The highest BCUT2D eigenvalue weighted by atomic mass is 16.5. The summed E-state index contributed by atoms with van der Waals surface area (Å²) in [4.78, 5) is 27.2. The number of benzene rings is 4. The zero-order valence-electron chi connectivity index (χ0n) is 30.0. The zero-order valence-corrected chi connectivity index (χ0v) is 30.0. The van der Waals surface area contributed by atoms with Crippen molar-refractivity contribution >= 4 is 0 Å². The average Bonchev–Trinajstić information content (AvgIpc) is 4.10. The van der Waals surface area contributed by atoms with Crippen molar-refractivity contribution in [2.75, 3.05) is 0 Å². The highest BCUT2D eigenvalue weighted by molar-refractivity contribution is 5.77. The molecule has 10 aromatic rings. The second-order valence-corrected chi connectivity index (χ2v) is 12.7. The van der Waals surface area contributed by atoms with Crippen LogP contribution in [0.25, 0.3) is 103 Å². The summed E-state index contributed by atoms with van der Waals surface area (Å²) in [5.41, 5.74) is 5.84. The standard InChI is InChI=1S/C39H24N12O6/c1-19-40-31(46-52-19)22-7-4-10-25(13-22)37-43-34(49-55-37)28-16-29(35-44-38(56-50-35)26-11-5-8-23(14-26)32-41-20(2)53-47-32)18-30(17-28)36-45-39(57-51-36)27-12-6-9-24(15-27)33-42-21(3)54-48-33/h4-18H,1-3H3. The molecule has 0 spiro atoms. The monoisotopic (exact) mass is 756 g/mol. The summed E-state index contributed by atoms with van der Waals surface area (Å²) >= 11 is 0. The zero-order chi connectivity index (χ0) is 38.5. The molecule has 0 radical (unpaired) electrons. The van der Waals surface area contributed by atoms with Crippen LogP contribution in [0.2, 0.25) is 0 Å².